The van der Waals surface area contributed by atoms with Gasteiger partial charge in [0.2, 0.25) is 0 Å². The molecule has 0 aromatic heterocycles. The summed E-state index contributed by atoms with van der Waals surface area (Å²) in [6, 6.07) is 0. The van der Waals surface area contributed by atoms with Crippen molar-refractivity contribution < 1.29 is 8.42 Å². The summed E-state index contributed by atoms with van der Waals surface area (Å²) in [4.78, 5) is 1.98. The molecule has 0 saturated heterocycles. The maximum atomic E-state index is 10.5. The monoisotopic (exact) mass is 203 g/mol. The summed E-state index contributed by atoms with van der Waals surface area (Å²) in [5.74, 6) is 0. The quantitative estimate of drug-likeness (QED) is 0.626. The molecule has 3 N–H and O–H groups in total. The highest BCUT2D eigenvalue weighted by Gasteiger charge is 2.02. The fraction of sp³-hybridized carbons (Fsp3) is 0.429. The SMILES string of the molecule is NS(=O)(=O)NCCN1C=CC=CC1. The van der Waals surface area contributed by atoms with Crippen molar-refractivity contribution >= 4 is 10.2 Å². The van der Waals surface area contributed by atoms with E-state index in [1.165, 1.54) is 0 Å². The van der Waals surface area contributed by atoms with Crippen LogP contribution in [0.4, 0.5) is 0 Å². The molecular weight excluding hydrogens is 190 g/mol. The minimum atomic E-state index is -3.54. The summed E-state index contributed by atoms with van der Waals surface area (Å²) in [6.07, 6.45) is 7.76. The Morgan fingerprint density at radius 1 is 1.46 bits per heavy atom. The number of hydrogen-bond acceptors (Lipinski definition) is 3. The van der Waals surface area contributed by atoms with E-state index in [1.807, 2.05) is 29.3 Å². The molecule has 6 heteroatoms. The topological polar surface area (TPSA) is 75.4 Å². The normalized spacial score (nSPS) is 16.5. The zero-order valence-corrected chi connectivity index (χ0v) is 8.00. The molecule has 0 atom stereocenters. The standard InChI is InChI=1S/C7H13N3O2S/c8-13(11,12)9-4-7-10-5-2-1-3-6-10/h1-3,5,9H,4,6-7H2,(H2,8,11,12). The second-order valence-corrected chi connectivity index (χ2v) is 4.08. The molecule has 0 radical (unpaired) electrons. The van der Waals surface area contributed by atoms with Crippen LogP contribution in [0, 0.1) is 0 Å². The molecule has 74 valence electrons. The zero-order chi connectivity index (χ0) is 9.73. The molecule has 0 aromatic carbocycles. The van der Waals surface area contributed by atoms with Gasteiger partial charge in [0.1, 0.15) is 0 Å². The summed E-state index contributed by atoms with van der Waals surface area (Å²) in [6.45, 7) is 1.76. The molecule has 0 spiro atoms. The lowest BCUT2D eigenvalue weighted by molar-refractivity contribution is 0.415. The lowest BCUT2D eigenvalue weighted by atomic mass is 10.3. The molecule has 0 bridgehead atoms. The van der Waals surface area contributed by atoms with E-state index in [4.69, 9.17) is 5.14 Å². The summed E-state index contributed by atoms with van der Waals surface area (Å²) in [5, 5.41) is 4.76. The molecule has 1 rings (SSSR count). The van der Waals surface area contributed by atoms with E-state index in [2.05, 4.69) is 4.72 Å². The van der Waals surface area contributed by atoms with E-state index in [-0.39, 0.29) is 0 Å². The summed E-state index contributed by atoms with van der Waals surface area (Å²) < 4.78 is 23.2. The molecule has 5 nitrogen and oxygen atoms in total. The van der Waals surface area contributed by atoms with Crippen molar-refractivity contribution in [1.29, 1.82) is 0 Å². The van der Waals surface area contributed by atoms with E-state index < -0.39 is 10.2 Å². The fourth-order valence-corrected chi connectivity index (χ4v) is 1.38. The summed E-state index contributed by atoms with van der Waals surface area (Å²) >= 11 is 0. The Bertz CT molecular complexity index is 308. The van der Waals surface area contributed by atoms with Crippen LogP contribution in [-0.2, 0) is 10.2 Å². The number of nitrogens with zero attached hydrogens (tertiary/aromatic N) is 1. The second kappa shape index (κ2) is 4.40. The van der Waals surface area contributed by atoms with E-state index in [9.17, 15) is 8.42 Å². The third kappa shape index (κ3) is 4.66. The van der Waals surface area contributed by atoms with Gasteiger partial charge in [0.05, 0.1) is 0 Å². The van der Waals surface area contributed by atoms with Crippen LogP contribution < -0.4 is 9.86 Å². The first kappa shape index (κ1) is 10.2. The van der Waals surface area contributed by atoms with Gasteiger partial charge in [-0.1, -0.05) is 12.2 Å². The molecule has 0 unspecified atom stereocenters. The third-order valence-electron chi connectivity index (χ3n) is 1.59. The second-order valence-electron chi connectivity index (χ2n) is 2.70. The highest BCUT2D eigenvalue weighted by atomic mass is 32.2. The van der Waals surface area contributed by atoms with Crippen LogP contribution >= 0.6 is 0 Å². The van der Waals surface area contributed by atoms with Crippen LogP contribution in [-0.4, -0.2) is 33.0 Å². The van der Waals surface area contributed by atoms with Crippen molar-refractivity contribution in [3.05, 3.63) is 24.4 Å². The highest BCUT2D eigenvalue weighted by Crippen LogP contribution is 1.96. The van der Waals surface area contributed by atoms with Gasteiger partial charge in [-0.15, -0.1) is 0 Å². The molecular formula is C7H13N3O2S. The number of rotatable bonds is 4. The number of allylic oxidation sites excluding steroid dienone is 2. The van der Waals surface area contributed by atoms with Gasteiger partial charge < -0.3 is 4.90 Å². The van der Waals surface area contributed by atoms with Crippen molar-refractivity contribution in [3.63, 3.8) is 0 Å². The first-order valence-electron chi connectivity index (χ1n) is 3.93. The maximum Gasteiger partial charge on any atom is 0.274 e. The van der Waals surface area contributed by atoms with Gasteiger partial charge in [-0.2, -0.15) is 8.42 Å². The summed E-state index contributed by atoms with van der Waals surface area (Å²) in [5.41, 5.74) is 0. The van der Waals surface area contributed by atoms with Crippen LogP contribution in [0.25, 0.3) is 0 Å². The van der Waals surface area contributed by atoms with Gasteiger partial charge in [-0.05, 0) is 12.3 Å². The third-order valence-corrected chi connectivity index (χ3v) is 2.19. The minimum Gasteiger partial charge on any atom is -0.372 e. The van der Waals surface area contributed by atoms with Crippen LogP contribution in [0.2, 0.25) is 0 Å². The van der Waals surface area contributed by atoms with Gasteiger partial charge in [-0.3, -0.25) is 0 Å². The Hall–Kier alpha value is -0.850. The fourth-order valence-electron chi connectivity index (χ4n) is 1.00. The number of nitrogens with two attached hydrogens (primary N) is 1. The molecule has 0 aromatic rings. The summed E-state index contributed by atoms with van der Waals surface area (Å²) in [7, 11) is -3.54. The van der Waals surface area contributed by atoms with Crippen LogP contribution in [0.1, 0.15) is 0 Å². The zero-order valence-electron chi connectivity index (χ0n) is 7.18. The average Bonchev–Trinajstić information content (AvgIpc) is 2.04. The van der Waals surface area contributed by atoms with Gasteiger partial charge in [0, 0.05) is 19.6 Å². The minimum absolute atomic E-state index is 0.330. The molecule has 0 saturated carbocycles. The Morgan fingerprint density at radius 2 is 2.23 bits per heavy atom. The van der Waals surface area contributed by atoms with Crippen molar-refractivity contribution in [2.45, 2.75) is 0 Å². The highest BCUT2D eigenvalue weighted by molar-refractivity contribution is 7.87. The lowest BCUT2D eigenvalue weighted by Gasteiger charge is -2.19. The van der Waals surface area contributed by atoms with Crippen LogP contribution in [0.5, 0.6) is 0 Å². The smallest absolute Gasteiger partial charge is 0.274 e. The van der Waals surface area contributed by atoms with Crippen molar-refractivity contribution in [3.8, 4) is 0 Å². The Labute approximate surface area is 78.1 Å². The average molecular weight is 203 g/mol. The predicted octanol–water partition coefficient (Wildman–Crippen LogP) is -0.835. The van der Waals surface area contributed by atoms with E-state index in [0.29, 0.717) is 13.1 Å². The number of nitrogens with one attached hydrogen (secondary N) is 1. The molecule has 0 aliphatic carbocycles. The van der Waals surface area contributed by atoms with Crippen molar-refractivity contribution in [2.75, 3.05) is 19.6 Å². The van der Waals surface area contributed by atoms with E-state index >= 15 is 0 Å². The lowest BCUT2D eigenvalue weighted by Crippen LogP contribution is -2.36. The van der Waals surface area contributed by atoms with Gasteiger partial charge >= 0.3 is 0 Å². The van der Waals surface area contributed by atoms with Crippen LogP contribution in [0.15, 0.2) is 24.4 Å². The first-order valence-corrected chi connectivity index (χ1v) is 5.47. The Morgan fingerprint density at radius 3 is 2.77 bits per heavy atom. The van der Waals surface area contributed by atoms with Crippen LogP contribution in [0.3, 0.4) is 0 Å². The molecule has 1 heterocycles. The van der Waals surface area contributed by atoms with Gasteiger partial charge in [-0.25, -0.2) is 9.86 Å². The first-order chi connectivity index (χ1) is 6.08. The predicted molar refractivity (Wildman–Crippen MR) is 51.0 cm³/mol. The van der Waals surface area contributed by atoms with Gasteiger partial charge in [0.15, 0.2) is 0 Å². The Kier molecular flexibility index (Phi) is 3.47. The van der Waals surface area contributed by atoms with Gasteiger partial charge in [0.25, 0.3) is 10.2 Å². The van der Waals surface area contributed by atoms with E-state index in [0.717, 1.165) is 6.54 Å². The molecule has 0 fully saturated rings. The Balaban J connectivity index is 2.20. The largest absolute Gasteiger partial charge is 0.372 e. The molecule has 0 amide bonds. The van der Waals surface area contributed by atoms with Crippen molar-refractivity contribution in [2.24, 2.45) is 5.14 Å². The number of hydrogen-bond donors (Lipinski definition) is 2. The molecule has 13 heavy (non-hydrogen) atoms. The van der Waals surface area contributed by atoms with E-state index in [1.54, 1.807) is 0 Å². The van der Waals surface area contributed by atoms with Crippen molar-refractivity contribution in [1.82, 2.24) is 9.62 Å². The molecule has 1 aliphatic heterocycles. The molecule has 1 aliphatic rings. The maximum absolute atomic E-state index is 10.5.